The number of amides is 2. The molecule has 2 rings (SSSR count). The predicted octanol–water partition coefficient (Wildman–Crippen LogP) is 1.59. The fourth-order valence-electron chi connectivity index (χ4n) is 2.43. The van der Waals surface area contributed by atoms with Crippen molar-refractivity contribution in [3.05, 3.63) is 24.3 Å². The third kappa shape index (κ3) is 4.87. The molecular weight excluding hydrogens is 296 g/mol. The van der Waals surface area contributed by atoms with Crippen molar-refractivity contribution in [1.82, 2.24) is 10.2 Å². The molecule has 6 heteroatoms. The molecular formula is C17H24N2O4. The molecule has 1 aliphatic heterocycles. The zero-order valence-corrected chi connectivity index (χ0v) is 13.7. The van der Waals surface area contributed by atoms with Crippen molar-refractivity contribution in [2.45, 2.75) is 32.8 Å². The second-order valence-electron chi connectivity index (χ2n) is 5.37. The largest absolute Gasteiger partial charge is 0.486 e. The Morgan fingerprint density at radius 2 is 1.87 bits per heavy atom. The van der Waals surface area contributed by atoms with Crippen LogP contribution in [0.4, 0.5) is 0 Å². The summed E-state index contributed by atoms with van der Waals surface area (Å²) in [6, 6.07) is 7.45. The normalized spacial score (nSPS) is 15.8. The fourth-order valence-corrected chi connectivity index (χ4v) is 2.43. The molecule has 1 aromatic rings. The van der Waals surface area contributed by atoms with Crippen LogP contribution in [0, 0.1) is 0 Å². The standard InChI is InChI=1S/C17H24N2O4/c1-3-19(4-2)17(21)10-9-16(20)18-11-13-12-22-14-7-5-6-8-15(14)23-13/h5-8,13H,3-4,9-12H2,1-2H3,(H,18,20). The number of fused-ring (bicyclic) bond motifs is 1. The number of hydrogen-bond acceptors (Lipinski definition) is 4. The van der Waals surface area contributed by atoms with Gasteiger partial charge in [0.05, 0.1) is 6.54 Å². The molecule has 1 atom stereocenters. The SMILES string of the molecule is CCN(CC)C(=O)CCC(=O)NCC1COc2ccccc2O1. The summed E-state index contributed by atoms with van der Waals surface area (Å²) >= 11 is 0. The lowest BCUT2D eigenvalue weighted by Crippen LogP contribution is -2.41. The van der Waals surface area contributed by atoms with E-state index in [0.29, 0.717) is 32.0 Å². The second-order valence-corrected chi connectivity index (χ2v) is 5.37. The molecule has 0 aromatic heterocycles. The first-order valence-electron chi connectivity index (χ1n) is 8.07. The van der Waals surface area contributed by atoms with Gasteiger partial charge in [0.15, 0.2) is 11.5 Å². The highest BCUT2D eigenvalue weighted by Gasteiger charge is 2.21. The van der Waals surface area contributed by atoms with Gasteiger partial charge in [-0.15, -0.1) is 0 Å². The van der Waals surface area contributed by atoms with E-state index in [1.807, 2.05) is 38.1 Å². The van der Waals surface area contributed by atoms with E-state index in [4.69, 9.17) is 9.47 Å². The van der Waals surface area contributed by atoms with Gasteiger partial charge in [0.2, 0.25) is 11.8 Å². The van der Waals surface area contributed by atoms with Gasteiger partial charge in [-0.05, 0) is 26.0 Å². The lowest BCUT2D eigenvalue weighted by Gasteiger charge is -2.26. The van der Waals surface area contributed by atoms with Gasteiger partial charge in [-0.1, -0.05) is 12.1 Å². The summed E-state index contributed by atoms with van der Waals surface area (Å²) in [6.45, 7) is 5.97. The highest BCUT2D eigenvalue weighted by Crippen LogP contribution is 2.30. The molecule has 1 aliphatic rings. The van der Waals surface area contributed by atoms with Crippen LogP contribution in [0.5, 0.6) is 11.5 Å². The summed E-state index contributed by atoms with van der Waals surface area (Å²) in [5.41, 5.74) is 0. The van der Waals surface area contributed by atoms with E-state index in [1.165, 1.54) is 0 Å². The van der Waals surface area contributed by atoms with E-state index in [2.05, 4.69) is 5.32 Å². The highest BCUT2D eigenvalue weighted by atomic mass is 16.6. The minimum atomic E-state index is -0.215. The number of benzene rings is 1. The smallest absolute Gasteiger partial charge is 0.223 e. The van der Waals surface area contributed by atoms with E-state index in [0.717, 1.165) is 5.75 Å². The third-order valence-corrected chi connectivity index (χ3v) is 3.78. The molecule has 0 saturated heterocycles. The van der Waals surface area contributed by atoms with Crippen LogP contribution < -0.4 is 14.8 Å². The zero-order valence-electron chi connectivity index (χ0n) is 13.7. The van der Waals surface area contributed by atoms with E-state index in [1.54, 1.807) is 4.90 Å². The Kier molecular flexibility index (Phi) is 6.26. The Hall–Kier alpha value is -2.24. The number of carbonyl (C=O) groups is 2. The van der Waals surface area contributed by atoms with E-state index in [-0.39, 0.29) is 30.8 Å². The number of ether oxygens (including phenoxy) is 2. The molecule has 6 nitrogen and oxygen atoms in total. The molecule has 1 aromatic carbocycles. The Labute approximate surface area is 136 Å². The first kappa shape index (κ1) is 17.1. The molecule has 1 N–H and O–H groups in total. The van der Waals surface area contributed by atoms with Gasteiger partial charge in [0.25, 0.3) is 0 Å². The van der Waals surface area contributed by atoms with Crippen molar-refractivity contribution >= 4 is 11.8 Å². The number of para-hydroxylation sites is 2. The summed E-state index contributed by atoms with van der Waals surface area (Å²) in [7, 11) is 0. The average molecular weight is 320 g/mol. The molecule has 0 spiro atoms. The molecule has 2 amide bonds. The number of nitrogens with zero attached hydrogens (tertiary/aromatic N) is 1. The van der Waals surface area contributed by atoms with Crippen molar-refractivity contribution in [3.8, 4) is 11.5 Å². The molecule has 23 heavy (non-hydrogen) atoms. The molecule has 0 bridgehead atoms. The van der Waals surface area contributed by atoms with Crippen LogP contribution in [0.2, 0.25) is 0 Å². The molecule has 0 saturated carbocycles. The molecule has 1 unspecified atom stereocenters. The van der Waals surface area contributed by atoms with Crippen LogP contribution in [0.15, 0.2) is 24.3 Å². The van der Waals surface area contributed by atoms with Gasteiger partial charge in [0, 0.05) is 25.9 Å². The van der Waals surface area contributed by atoms with Crippen molar-refractivity contribution in [3.63, 3.8) is 0 Å². The number of hydrogen-bond donors (Lipinski definition) is 1. The summed E-state index contributed by atoms with van der Waals surface area (Å²) in [5, 5.41) is 2.80. The maximum Gasteiger partial charge on any atom is 0.223 e. The Balaban J connectivity index is 1.70. The van der Waals surface area contributed by atoms with Gasteiger partial charge >= 0.3 is 0 Å². The van der Waals surface area contributed by atoms with Crippen molar-refractivity contribution < 1.29 is 19.1 Å². The summed E-state index contributed by atoms with van der Waals surface area (Å²) in [4.78, 5) is 25.4. The summed E-state index contributed by atoms with van der Waals surface area (Å²) in [5.74, 6) is 1.28. The minimum Gasteiger partial charge on any atom is -0.486 e. The lowest BCUT2D eigenvalue weighted by molar-refractivity contribution is -0.133. The Bertz CT molecular complexity index is 543. The van der Waals surface area contributed by atoms with Gasteiger partial charge in [-0.3, -0.25) is 9.59 Å². The number of rotatable bonds is 7. The van der Waals surface area contributed by atoms with Gasteiger partial charge in [-0.25, -0.2) is 0 Å². The Morgan fingerprint density at radius 3 is 2.57 bits per heavy atom. The lowest BCUT2D eigenvalue weighted by atomic mass is 10.2. The van der Waals surface area contributed by atoms with Crippen molar-refractivity contribution in [1.29, 1.82) is 0 Å². The molecule has 1 heterocycles. The minimum absolute atomic E-state index is 0.0105. The van der Waals surface area contributed by atoms with Crippen LogP contribution in [0.25, 0.3) is 0 Å². The van der Waals surface area contributed by atoms with Gasteiger partial charge in [0.1, 0.15) is 12.7 Å². The summed E-state index contributed by atoms with van der Waals surface area (Å²) < 4.78 is 11.4. The number of nitrogens with one attached hydrogen (secondary N) is 1. The topological polar surface area (TPSA) is 67.9 Å². The fraction of sp³-hybridized carbons (Fsp3) is 0.529. The molecule has 0 fully saturated rings. The summed E-state index contributed by atoms with van der Waals surface area (Å²) in [6.07, 6.45) is 0.213. The monoisotopic (exact) mass is 320 g/mol. The maximum absolute atomic E-state index is 11.9. The zero-order chi connectivity index (χ0) is 16.7. The Morgan fingerprint density at radius 1 is 1.17 bits per heavy atom. The molecule has 0 aliphatic carbocycles. The highest BCUT2D eigenvalue weighted by molar-refractivity contribution is 5.83. The van der Waals surface area contributed by atoms with Crippen LogP contribution >= 0.6 is 0 Å². The maximum atomic E-state index is 11.9. The quantitative estimate of drug-likeness (QED) is 0.828. The van der Waals surface area contributed by atoms with Crippen molar-refractivity contribution in [2.75, 3.05) is 26.2 Å². The van der Waals surface area contributed by atoms with Gasteiger partial charge in [-0.2, -0.15) is 0 Å². The molecule has 126 valence electrons. The average Bonchev–Trinajstić information content (AvgIpc) is 2.59. The van der Waals surface area contributed by atoms with Gasteiger partial charge < -0.3 is 19.7 Å². The predicted molar refractivity (Wildman–Crippen MR) is 86.5 cm³/mol. The van der Waals surface area contributed by atoms with Crippen LogP contribution in [-0.2, 0) is 9.59 Å². The first-order valence-corrected chi connectivity index (χ1v) is 8.07. The third-order valence-electron chi connectivity index (χ3n) is 3.78. The van der Waals surface area contributed by atoms with Crippen LogP contribution in [0.3, 0.4) is 0 Å². The second kappa shape index (κ2) is 8.41. The van der Waals surface area contributed by atoms with Crippen molar-refractivity contribution in [2.24, 2.45) is 0 Å². The van der Waals surface area contributed by atoms with Crippen LogP contribution in [-0.4, -0.2) is 49.1 Å². The molecule has 0 radical (unpaired) electrons. The first-order chi connectivity index (χ1) is 11.1. The van der Waals surface area contributed by atoms with E-state index < -0.39 is 0 Å². The number of carbonyl (C=O) groups excluding carboxylic acids is 2. The van der Waals surface area contributed by atoms with Crippen LogP contribution in [0.1, 0.15) is 26.7 Å². The van der Waals surface area contributed by atoms with E-state index >= 15 is 0 Å². The van der Waals surface area contributed by atoms with E-state index in [9.17, 15) is 9.59 Å².